The Morgan fingerprint density at radius 2 is 0.769 bits per heavy atom. The summed E-state index contributed by atoms with van der Waals surface area (Å²) in [7, 11) is -1.61. The van der Waals surface area contributed by atoms with Crippen molar-refractivity contribution in [3.63, 3.8) is 0 Å². The lowest BCUT2D eigenvalue weighted by molar-refractivity contribution is 1.22. The van der Waals surface area contributed by atoms with E-state index in [4.69, 9.17) is 0 Å². The molecule has 0 aromatic heterocycles. The molecule has 0 spiro atoms. The Kier molecular flexibility index (Phi) is 6.11. The van der Waals surface area contributed by atoms with Crippen LogP contribution in [0.5, 0.6) is 0 Å². The van der Waals surface area contributed by atoms with Crippen molar-refractivity contribution in [1.82, 2.24) is 0 Å². The third kappa shape index (κ3) is 2.98. The van der Waals surface area contributed by atoms with Gasteiger partial charge in [-0.25, -0.2) is 0 Å². The van der Waals surface area contributed by atoms with Gasteiger partial charge in [-0.05, 0) is 54.5 Å². The maximum atomic E-state index is 2.45. The molecule has 0 aliphatic rings. The second kappa shape index (κ2) is 8.33. The zero-order valence-corrected chi connectivity index (χ0v) is 18.1. The summed E-state index contributed by atoms with van der Waals surface area (Å²) in [6, 6.07) is 38.2. The van der Waals surface area contributed by atoms with Crippen molar-refractivity contribution in [2.75, 3.05) is 0 Å². The topological polar surface area (TPSA) is 0 Å². The minimum absolute atomic E-state index is 1.33. The average molecular weight is 378 g/mol. The molecule has 3 aromatic rings. The molecule has 0 bridgehead atoms. The SMILES string of the molecule is CC[Si](CC)(CC)[P+](c1ccccc1)(c1ccccc1)c1ccccc1. The average Bonchev–Trinajstić information content (AvgIpc) is 2.74. The molecule has 0 heterocycles. The highest BCUT2D eigenvalue weighted by molar-refractivity contribution is 8.22. The van der Waals surface area contributed by atoms with Crippen molar-refractivity contribution >= 4 is 30.5 Å². The molecule has 0 aliphatic carbocycles. The largest absolute Gasteiger partial charge is 0.246 e. The second-order valence-corrected chi connectivity index (χ2v) is 19.3. The Morgan fingerprint density at radius 1 is 0.500 bits per heavy atom. The van der Waals surface area contributed by atoms with Crippen LogP contribution < -0.4 is 15.9 Å². The molecule has 0 fully saturated rings. The predicted octanol–water partition coefficient (Wildman–Crippen LogP) is 5.99. The molecule has 26 heavy (non-hydrogen) atoms. The third-order valence-electron chi connectivity index (χ3n) is 6.12. The van der Waals surface area contributed by atoms with Crippen LogP contribution in [0.25, 0.3) is 0 Å². The summed E-state index contributed by atoms with van der Waals surface area (Å²) in [5, 5.41) is 4.69. The van der Waals surface area contributed by atoms with E-state index in [2.05, 4.69) is 112 Å². The second-order valence-electron chi connectivity index (χ2n) is 6.96. The number of hydrogen-bond donors (Lipinski definition) is 0. The number of rotatable bonds is 7. The first-order valence-electron chi connectivity index (χ1n) is 9.81. The van der Waals surface area contributed by atoms with Crippen LogP contribution in [0.1, 0.15) is 20.8 Å². The number of hydrogen-bond acceptors (Lipinski definition) is 0. The first-order chi connectivity index (χ1) is 12.7. The van der Waals surface area contributed by atoms with Crippen LogP contribution in [0.3, 0.4) is 0 Å². The van der Waals surface area contributed by atoms with Crippen molar-refractivity contribution in [2.24, 2.45) is 0 Å². The zero-order chi connectivity index (χ0) is 18.5. The van der Waals surface area contributed by atoms with Crippen molar-refractivity contribution < 1.29 is 0 Å². The maximum absolute atomic E-state index is 2.45. The fourth-order valence-corrected chi connectivity index (χ4v) is 22.5. The molecule has 0 saturated carbocycles. The quantitative estimate of drug-likeness (QED) is 0.351. The molecular formula is C24H30PSi+. The fourth-order valence-electron chi connectivity index (χ4n) is 4.69. The zero-order valence-electron chi connectivity index (χ0n) is 16.2. The molecule has 0 radical (unpaired) electrons. The summed E-state index contributed by atoms with van der Waals surface area (Å²) in [5.41, 5.74) is 0. The highest BCUT2D eigenvalue weighted by Crippen LogP contribution is 2.67. The van der Waals surface area contributed by atoms with Crippen LogP contribution in [0.15, 0.2) is 91.0 Å². The summed E-state index contributed by atoms with van der Waals surface area (Å²) in [6.45, 7) is 5.69. The van der Waals surface area contributed by atoms with Gasteiger partial charge in [-0.2, -0.15) is 0 Å². The minimum Gasteiger partial charge on any atom is -0.0644 e. The van der Waals surface area contributed by atoms with Crippen LogP contribution in [-0.2, 0) is 0 Å². The van der Waals surface area contributed by atoms with E-state index in [1.165, 1.54) is 18.1 Å². The van der Waals surface area contributed by atoms with Gasteiger partial charge in [0.2, 0.25) is 7.74 Å². The Labute approximate surface area is 160 Å². The summed E-state index contributed by atoms with van der Waals surface area (Å²) in [4.78, 5) is 0. The normalized spacial score (nSPS) is 12.1. The Bertz CT molecular complexity index is 690. The molecule has 0 N–H and O–H groups in total. The summed E-state index contributed by atoms with van der Waals surface area (Å²) >= 11 is 0. The highest BCUT2D eigenvalue weighted by Gasteiger charge is 2.61. The van der Waals surface area contributed by atoms with E-state index >= 15 is 0 Å². The van der Waals surface area contributed by atoms with Gasteiger partial charge in [0, 0.05) is 0 Å². The summed E-state index contributed by atoms with van der Waals surface area (Å²) < 4.78 is 0. The smallest absolute Gasteiger partial charge is 0.0644 e. The lowest BCUT2D eigenvalue weighted by Gasteiger charge is -2.42. The van der Waals surface area contributed by atoms with Crippen molar-refractivity contribution in [1.29, 1.82) is 0 Å². The fraction of sp³-hybridized carbons (Fsp3) is 0.250. The summed E-state index contributed by atoms with van der Waals surface area (Å²) in [6.07, 6.45) is 0. The van der Waals surface area contributed by atoms with Gasteiger partial charge in [-0.3, -0.25) is 0 Å². The number of benzene rings is 3. The van der Waals surface area contributed by atoms with Crippen LogP contribution in [-0.4, -0.2) is 7.74 Å². The van der Waals surface area contributed by atoms with Gasteiger partial charge in [0.15, 0.2) is 0 Å². The van der Waals surface area contributed by atoms with Gasteiger partial charge < -0.3 is 0 Å². The summed E-state index contributed by atoms with van der Waals surface area (Å²) in [5.74, 6) is 0. The lowest BCUT2D eigenvalue weighted by Crippen LogP contribution is -2.50. The van der Waals surface area contributed by atoms with Crippen LogP contribution in [0.4, 0.5) is 0 Å². The van der Waals surface area contributed by atoms with E-state index in [1.807, 2.05) is 0 Å². The van der Waals surface area contributed by atoms with Crippen molar-refractivity contribution in [2.45, 2.75) is 38.9 Å². The van der Waals surface area contributed by atoms with Crippen LogP contribution >= 0.6 is 6.81 Å². The highest BCUT2D eigenvalue weighted by atomic mass is 31.4. The van der Waals surface area contributed by atoms with E-state index < -0.39 is 14.6 Å². The molecule has 3 aromatic carbocycles. The van der Waals surface area contributed by atoms with E-state index in [1.54, 1.807) is 15.9 Å². The molecule has 0 saturated heterocycles. The maximum Gasteiger partial charge on any atom is 0.246 e. The van der Waals surface area contributed by atoms with E-state index in [0.717, 1.165) is 0 Å². The van der Waals surface area contributed by atoms with Gasteiger partial charge in [-0.15, -0.1) is 0 Å². The predicted molar refractivity (Wildman–Crippen MR) is 122 cm³/mol. The van der Waals surface area contributed by atoms with E-state index in [0.29, 0.717) is 0 Å². The first kappa shape index (κ1) is 19.1. The van der Waals surface area contributed by atoms with Gasteiger partial charge >= 0.3 is 0 Å². The molecule has 0 unspecified atom stereocenters. The Hall–Kier alpha value is -1.69. The molecule has 3 rings (SSSR count). The lowest BCUT2D eigenvalue weighted by atomic mass is 10.4. The van der Waals surface area contributed by atoms with Crippen LogP contribution in [0.2, 0.25) is 18.1 Å². The molecule has 0 aliphatic heterocycles. The molecule has 134 valence electrons. The van der Waals surface area contributed by atoms with Gasteiger partial charge in [0.1, 0.15) is 0 Å². The van der Waals surface area contributed by atoms with Crippen molar-refractivity contribution in [3.05, 3.63) is 91.0 Å². The van der Waals surface area contributed by atoms with Crippen LogP contribution in [0, 0.1) is 0 Å². The molecule has 2 heteroatoms. The standard InChI is InChI=1S/C24H30PSi/c1-4-26(5-2,6-3)25(22-16-10-7-11-17-22,23-18-12-8-13-19-23)24-20-14-9-15-21-24/h7-21H,4-6H2,1-3H3/q+1. The van der Waals surface area contributed by atoms with Gasteiger partial charge in [0.05, 0.1) is 22.7 Å². The van der Waals surface area contributed by atoms with E-state index in [-0.39, 0.29) is 0 Å². The minimum atomic E-state index is -1.66. The Morgan fingerprint density at radius 3 is 1.00 bits per heavy atom. The van der Waals surface area contributed by atoms with Gasteiger partial charge in [0.25, 0.3) is 0 Å². The van der Waals surface area contributed by atoms with E-state index in [9.17, 15) is 0 Å². The Balaban J connectivity index is 2.47. The first-order valence-corrected chi connectivity index (χ1v) is 15.1. The molecule has 0 nitrogen and oxygen atoms in total. The third-order valence-corrected chi connectivity index (χ3v) is 24.1. The van der Waals surface area contributed by atoms with Gasteiger partial charge in [-0.1, -0.05) is 75.4 Å². The molecule has 0 amide bonds. The molecule has 0 atom stereocenters. The molecular weight excluding hydrogens is 347 g/mol. The monoisotopic (exact) mass is 377 g/mol. The van der Waals surface area contributed by atoms with Crippen molar-refractivity contribution in [3.8, 4) is 0 Å².